The van der Waals surface area contributed by atoms with E-state index in [1.165, 1.54) is 6.33 Å². The van der Waals surface area contributed by atoms with E-state index in [0.29, 0.717) is 28.7 Å². The number of methoxy groups -OCH3 is 1. The molecule has 9 nitrogen and oxygen atoms in total. The first kappa shape index (κ1) is 17.6. The molecule has 1 atom stereocenters. The molecule has 3 aromatic heterocycles. The third-order valence-electron chi connectivity index (χ3n) is 5.24. The normalized spacial score (nSPS) is 18.0. The highest BCUT2D eigenvalue weighted by Crippen LogP contribution is 2.44. The molecule has 2 aliphatic rings. The maximum absolute atomic E-state index is 12.7. The average Bonchev–Trinajstić information content (AvgIpc) is 3.47. The SMILES string of the molecule is COc1ncnc(C2CC2)c1-c1nc(C)c2c(n1)=NC(=O)C(c1cnn(C)c1)C=2. The van der Waals surface area contributed by atoms with E-state index in [2.05, 4.69) is 25.0 Å². The molecule has 1 fully saturated rings. The molecule has 3 aromatic rings. The molecule has 1 amide bonds. The monoisotopic (exact) mass is 389 g/mol. The number of carbonyl (C=O) groups excluding carboxylic acids is 1. The molecule has 0 N–H and O–H groups in total. The van der Waals surface area contributed by atoms with E-state index >= 15 is 0 Å². The predicted molar refractivity (Wildman–Crippen MR) is 103 cm³/mol. The van der Waals surface area contributed by atoms with Crippen molar-refractivity contribution in [1.29, 1.82) is 0 Å². The van der Waals surface area contributed by atoms with Gasteiger partial charge in [-0.25, -0.2) is 19.9 Å². The summed E-state index contributed by atoms with van der Waals surface area (Å²) in [5, 5.41) is 4.91. The molecule has 0 radical (unpaired) electrons. The molecule has 5 rings (SSSR count). The number of fused-ring (bicyclic) bond motifs is 1. The highest BCUT2D eigenvalue weighted by molar-refractivity contribution is 5.91. The van der Waals surface area contributed by atoms with E-state index < -0.39 is 5.92 Å². The van der Waals surface area contributed by atoms with E-state index in [9.17, 15) is 4.79 Å². The number of amides is 1. The second-order valence-corrected chi connectivity index (χ2v) is 7.33. The second kappa shape index (κ2) is 6.54. The average molecular weight is 389 g/mol. The van der Waals surface area contributed by atoms with Gasteiger partial charge in [0.1, 0.15) is 11.9 Å². The molecule has 1 aliphatic heterocycles. The van der Waals surface area contributed by atoms with Crippen molar-refractivity contribution in [2.24, 2.45) is 12.0 Å². The lowest BCUT2D eigenvalue weighted by atomic mass is 9.98. The fourth-order valence-corrected chi connectivity index (χ4v) is 3.62. The fraction of sp³-hybridized carbons (Fsp3) is 0.350. The molecule has 9 heteroatoms. The molecule has 146 valence electrons. The number of hydrogen-bond acceptors (Lipinski definition) is 7. The summed E-state index contributed by atoms with van der Waals surface area (Å²) in [6, 6.07) is 0. The van der Waals surface area contributed by atoms with Gasteiger partial charge < -0.3 is 4.74 Å². The molecule has 29 heavy (non-hydrogen) atoms. The van der Waals surface area contributed by atoms with Crippen LogP contribution < -0.4 is 15.4 Å². The Labute approximate surface area is 166 Å². The number of aromatic nitrogens is 6. The standard InChI is InChI=1S/C20H19N7O2/c1-10-13-6-14(12-7-23-27(2)8-12)19(28)26-17(13)25-18(24-10)15-16(11-4-5-11)21-9-22-20(15)29-3/h6-9,11,14H,4-5H2,1-3H3. The summed E-state index contributed by atoms with van der Waals surface area (Å²) in [7, 11) is 3.38. The molecule has 4 heterocycles. The van der Waals surface area contributed by atoms with Gasteiger partial charge in [0.15, 0.2) is 11.3 Å². The van der Waals surface area contributed by atoms with Gasteiger partial charge in [-0.2, -0.15) is 10.1 Å². The molecule has 0 aromatic carbocycles. The Morgan fingerprint density at radius 2 is 2.03 bits per heavy atom. The van der Waals surface area contributed by atoms with Crippen LogP contribution in [0, 0.1) is 6.92 Å². The molecular formula is C20H19N7O2. The Hall–Kier alpha value is -3.49. The van der Waals surface area contributed by atoms with Gasteiger partial charge >= 0.3 is 0 Å². The Bertz CT molecular complexity index is 1260. The summed E-state index contributed by atoms with van der Waals surface area (Å²) >= 11 is 0. The van der Waals surface area contributed by atoms with Gasteiger partial charge in [0.25, 0.3) is 5.91 Å². The van der Waals surface area contributed by atoms with Crippen LogP contribution in [-0.4, -0.2) is 42.7 Å². The maximum Gasteiger partial charge on any atom is 0.259 e. The zero-order chi connectivity index (χ0) is 20.1. The van der Waals surface area contributed by atoms with Gasteiger partial charge in [0.05, 0.1) is 30.6 Å². The molecular weight excluding hydrogens is 370 g/mol. The van der Waals surface area contributed by atoms with Crippen LogP contribution in [0.1, 0.15) is 41.6 Å². The Balaban J connectivity index is 1.68. The third kappa shape index (κ3) is 2.98. The van der Waals surface area contributed by atoms with E-state index in [1.54, 1.807) is 18.0 Å². The molecule has 1 aliphatic carbocycles. The minimum Gasteiger partial charge on any atom is -0.480 e. The second-order valence-electron chi connectivity index (χ2n) is 7.33. The van der Waals surface area contributed by atoms with Crippen molar-refractivity contribution < 1.29 is 9.53 Å². The van der Waals surface area contributed by atoms with Crippen molar-refractivity contribution >= 4 is 12.0 Å². The summed E-state index contributed by atoms with van der Waals surface area (Å²) in [6.07, 6.45) is 9.00. The minimum absolute atomic E-state index is 0.270. The predicted octanol–water partition coefficient (Wildman–Crippen LogP) is 0.586. The van der Waals surface area contributed by atoms with Gasteiger partial charge in [-0.1, -0.05) is 6.08 Å². The number of carbonyl (C=O) groups is 1. The van der Waals surface area contributed by atoms with Crippen LogP contribution in [0.3, 0.4) is 0 Å². The van der Waals surface area contributed by atoms with Gasteiger partial charge in [-0.15, -0.1) is 0 Å². The van der Waals surface area contributed by atoms with Crippen molar-refractivity contribution in [1.82, 2.24) is 29.7 Å². The van der Waals surface area contributed by atoms with Crippen LogP contribution in [0.4, 0.5) is 0 Å². The lowest BCUT2D eigenvalue weighted by Crippen LogP contribution is -2.38. The summed E-state index contributed by atoms with van der Waals surface area (Å²) in [5.41, 5.74) is 3.47. The number of ether oxygens (including phenoxy) is 1. The molecule has 0 saturated heterocycles. The van der Waals surface area contributed by atoms with Crippen LogP contribution in [0.5, 0.6) is 5.88 Å². The first-order valence-corrected chi connectivity index (χ1v) is 9.42. The lowest BCUT2D eigenvalue weighted by Gasteiger charge is -2.13. The largest absolute Gasteiger partial charge is 0.480 e. The van der Waals surface area contributed by atoms with Crippen LogP contribution in [0.2, 0.25) is 0 Å². The lowest BCUT2D eigenvalue weighted by molar-refractivity contribution is -0.118. The van der Waals surface area contributed by atoms with Gasteiger partial charge in [0, 0.05) is 29.9 Å². The van der Waals surface area contributed by atoms with Crippen molar-refractivity contribution in [3.63, 3.8) is 0 Å². The number of hydrogen-bond donors (Lipinski definition) is 0. The van der Waals surface area contributed by atoms with Gasteiger partial charge in [-0.3, -0.25) is 9.48 Å². The fourth-order valence-electron chi connectivity index (χ4n) is 3.62. The van der Waals surface area contributed by atoms with Crippen molar-refractivity contribution in [2.75, 3.05) is 7.11 Å². The maximum atomic E-state index is 12.7. The van der Waals surface area contributed by atoms with Crippen molar-refractivity contribution in [2.45, 2.75) is 31.6 Å². The van der Waals surface area contributed by atoms with E-state index in [1.807, 2.05) is 26.2 Å². The number of nitrogens with zero attached hydrogens (tertiary/aromatic N) is 7. The zero-order valence-electron chi connectivity index (χ0n) is 16.3. The summed E-state index contributed by atoms with van der Waals surface area (Å²) in [6.45, 7) is 1.89. The van der Waals surface area contributed by atoms with E-state index in [0.717, 1.165) is 35.0 Å². The molecule has 1 unspecified atom stereocenters. The third-order valence-corrected chi connectivity index (χ3v) is 5.24. The number of rotatable bonds is 4. The molecule has 0 bridgehead atoms. The topological polar surface area (TPSA) is 108 Å². The Morgan fingerprint density at radius 3 is 2.72 bits per heavy atom. The highest BCUT2D eigenvalue weighted by Gasteiger charge is 2.32. The molecule has 0 spiro atoms. The van der Waals surface area contributed by atoms with Crippen LogP contribution in [0.15, 0.2) is 23.7 Å². The summed E-state index contributed by atoms with van der Waals surface area (Å²) < 4.78 is 7.12. The van der Waals surface area contributed by atoms with E-state index in [-0.39, 0.29) is 5.91 Å². The van der Waals surface area contributed by atoms with Crippen molar-refractivity contribution in [3.05, 3.63) is 46.4 Å². The first-order valence-electron chi connectivity index (χ1n) is 9.42. The van der Waals surface area contributed by atoms with Gasteiger partial charge in [0.2, 0.25) is 5.88 Å². The zero-order valence-corrected chi connectivity index (χ0v) is 16.3. The Morgan fingerprint density at radius 1 is 1.21 bits per heavy atom. The molecule has 1 saturated carbocycles. The minimum atomic E-state index is -0.485. The highest BCUT2D eigenvalue weighted by atomic mass is 16.5. The van der Waals surface area contributed by atoms with E-state index in [4.69, 9.17) is 9.72 Å². The smallest absolute Gasteiger partial charge is 0.259 e. The van der Waals surface area contributed by atoms with Crippen LogP contribution in [-0.2, 0) is 11.8 Å². The Kier molecular flexibility index (Phi) is 3.97. The number of aryl methyl sites for hydroxylation is 2. The van der Waals surface area contributed by atoms with Crippen molar-refractivity contribution in [3.8, 4) is 17.3 Å². The van der Waals surface area contributed by atoms with Crippen LogP contribution >= 0.6 is 0 Å². The summed E-state index contributed by atoms with van der Waals surface area (Å²) in [5.74, 6) is 0.474. The quantitative estimate of drug-likeness (QED) is 0.642. The van der Waals surface area contributed by atoms with Gasteiger partial charge in [-0.05, 0) is 19.8 Å². The first-order chi connectivity index (χ1) is 14.0. The summed E-state index contributed by atoms with van der Waals surface area (Å²) in [4.78, 5) is 34.9. The van der Waals surface area contributed by atoms with Crippen LogP contribution in [0.25, 0.3) is 17.5 Å².